The Kier molecular flexibility index (Phi) is 3.27. The van der Waals surface area contributed by atoms with Gasteiger partial charge in [-0.2, -0.15) is 0 Å². The second-order valence-electron chi connectivity index (χ2n) is 4.52. The van der Waals surface area contributed by atoms with E-state index >= 15 is 0 Å². The summed E-state index contributed by atoms with van der Waals surface area (Å²) in [6.07, 6.45) is 3.22. The molecule has 1 aromatic rings. The maximum Gasteiger partial charge on any atom is 0.319 e. The van der Waals surface area contributed by atoms with Gasteiger partial charge in [-0.15, -0.1) is 0 Å². The van der Waals surface area contributed by atoms with E-state index in [4.69, 9.17) is 5.11 Å². The first-order chi connectivity index (χ1) is 8.54. The third kappa shape index (κ3) is 2.18. The van der Waals surface area contributed by atoms with E-state index in [0.717, 1.165) is 6.42 Å². The van der Waals surface area contributed by atoms with E-state index in [9.17, 15) is 9.59 Å². The molecule has 0 atom stereocenters. The van der Waals surface area contributed by atoms with Gasteiger partial charge in [-0.25, -0.2) is 9.97 Å². The molecule has 1 saturated carbocycles. The van der Waals surface area contributed by atoms with Crippen LogP contribution in [0.25, 0.3) is 0 Å². The van der Waals surface area contributed by atoms with Crippen molar-refractivity contribution in [3.63, 3.8) is 0 Å². The number of amides is 1. The predicted molar refractivity (Wildman–Crippen MR) is 62.5 cm³/mol. The van der Waals surface area contributed by atoms with Crippen LogP contribution < -0.4 is 5.32 Å². The van der Waals surface area contributed by atoms with Gasteiger partial charge in [-0.1, -0.05) is 6.42 Å². The van der Waals surface area contributed by atoms with Crippen LogP contribution in [-0.4, -0.2) is 27.0 Å². The number of rotatable bonds is 4. The largest absolute Gasteiger partial charge is 0.480 e. The molecule has 1 fully saturated rings. The summed E-state index contributed by atoms with van der Waals surface area (Å²) in [6, 6.07) is 1.70. The molecule has 2 rings (SSSR count). The van der Waals surface area contributed by atoms with Crippen LogP contribution in [0.3, 0.4) is 0 Å². The van der Waals surface area contributed by atoms with Gasteiger partial charge in [-0.05, 0) is 25.8 Å². The van der Waals surface area contributed by atoms with E-state index in [1.807, 2.05) is 0 Å². The average molecular weight is 249 g/mol. The highest BCUT2D eigenvalue weighted by Crippen LogP contribution is 2.41. The standard InChI is InChI=1S/C12H15N3O3/c1-8-13-6-3-9(15-8)7-14-10(16)12(11(17)18)4-2-5-12/h3,6H,2,4-5,7H2,1H3,(H,14,16)(H,17,18). The summed E-state index contributed by atoms with van der Waals surface area (Å²) < 4.78 is 0. The Morgan fingerprint density at radius 3 is 2.72 bits per heavy atom. The summed E-state index contributed by atoms with van der Waals surface area (Å²) in [5.41, 5.74) is -0.544. The van der Waals surface area contributed by atoms with Crippen molar-refractivity contribution in [3.05, 3.63) is 23.8 Å². The lowest BCUT2D eigenvalue weighted by atomic mass is 9.68. The number of hydrogen-bond acceptors (Lipinski definition) is 4. The normalized spacial score (nSPS) is 16.7. The van der Waals surface area contributed by atoms with Crippen molar-refractivity contribution in [1.29, 1.82) is 0 Å². The molecular weight excluding hydrogens is 234 g/mol. The number of carboxylic acids is 1. The number of hydrogen-bond donors (Lipinski definition) is 2. The quantitative estimate of drug-likeness (QED) is 0.764. The van der Waals surface area contributed by atoms with Gasteiger partial charge in [0.05, 0.1) is 12.2 Å². The third-order valence-corrected chi connectivity index (χ3v) is 3.31. The molecule has 6 nitrogen and oxygen atoms in total. The first-order valence-corrected chi connectivity index (χ1v) is 5.85. The van der Waals surface area contributed by atoms with Crippen molar-refractivity contribution in [2.75, 3.05) is 0 Å². The average Bonchev–Trinajstić information content (AvgIpc) is 2.24. The number of aliphatic carboxylic acids is 1. The third-order valence-electron chi connectivity index (χ3n) is 3.31. The molecule has 1 heterocycles. The van der Waals surface area contributed by atoms with E-state index < -0.39 is 17.3 Å². The maximum absolute atomic E-state index is 11.9. The molecule has 1 aromatic heterocycles. The van der Waals surface area contributed by atoms with E-state index in [1.54, 1.807) is 19.2 Å². The molecule has 0 spiro atoms. The first-order valence-electron chi connectivity index (χ1n) is 5.85. The molecule has 18 heavy (non-hydrogen) atoms. The maximum atomic E-state index is 11.9. The van der Waals surface area contributed by atoms with Crippen LogP contribution >= 0.6 is 0 Å². The number of carbonyl (C=O) groups is 2. The molecule has 0 bridgehead atoms. The SMILES string of the molecule is Cc1nccc(CNC(=O)C2(C(=O)O)CCC2)n1. The molecule has 0 saturated heterocycles. The van der Waals surface area contributed by atoms with Gasteiger partial charge in [-0.3, -0.25) is 9.59 Å². The molecule has 0 radical (unpaired) electrons. The summed E-state index contributed by atoms with van der Waals surface area (Å²) in [5, 5.41) is 11.7. The second kappa shape index (κ2) is 4.72. The smallest absolute Gasteiger partial charge is 0.319 e. The van der Waals surface area contributed by atoms with Gasteiger partial charge in [0.15, 0.2) is 0 Å². The van der Waals surface area contributed by atoms with E-state index in [2.05, 4.69) is 15.3 Å². The van der Waals surface area contributed by atoms with Gasteiger partial charge in [0.2, 0.25) is 5.91 Å². The zero-order valence-corrected chi connectivity index (χ0v) is 10.1. The van der Waals surface area contributed by atoms with Gasteiger partial charge >= 0.3 is 5.97 Å². The Labute approximate surface area is 104 Å². The number of nitrogens with zero attached hydrogens (tertiary/aromatic N) is 2. The lowest BCUT2D eigenvalue weighted by molar-refractivity contribution is -0.162. The predicted octanol–water partition coefficient (Wildman–Crippen LogP) is 0.656. The van der Waals surface area contributed by atoms with Gasteiger partial charge in [0.25, 0.3) is 0 Å². The number of nitrogens with one attached hydrogen (secondary N) is 1. The second-order valence-corrected chi connectivity index (χ2v) is 4.52. The van der Waals surface area contributed by atoms with Crippen molar-refractivity contribution in [2.24, 2.45) is 5.41 Å². The molecule has 2 N–H and O–H groups in total. The Morgan fingerprint density at radius 1 is 1.50 bits per heavy atom. The van der Waals surface area contributed by atoms with Crippen molar-refractivity contribution < 1.29 is 14.7 Å². The van der Waals surface area contributed by atoms with Crippen LogP contribution in [0.5, 0.6) is 0 Å². The van der Waals surface area contributed by atoms with Crippen LogP contribution in [0, 0.1) is 12.3 Å². The van der Waals surface area contributed by atoms with Crippen LogP contribution in [0.1, 0.15) is 30.8 Å². The molecular formula is C12H15N3O3. The molecule has 96 valence electrons. The zero-order valence-electron chi connectivity index (χ0n) is 10.1. The molecule has 0 aromatic carbocycles. The number of carbonyl (C=O) groups excluding carboxylic acids is 1. The van der Waals surface area contributed by atoms with Crippen molar-refractivity contribution in [2.45, 2.75) is 32.7 Å². The van der Waals surface area contributed by atoms with Gasteiger partial charge in [0.1, 0.15) is 11.2 Å². The fraction of sp³-hybridized carbons (Fsp3) is 0.500. The highest BCUT2D eigenvalue weighted by atomic mass is 16.4. The monoisotopic (exact) mass is 249 g/mol. The van der Waals surface area contributed by atoms with E-state index in [0.29, 0.717) is 24.4 Å². The molecule has 6 heteroatoms. The Balaban J connectivity index is 1.98. The lowest BCUT2D eigenvalue weighted by Gasteiger charge is -2.35. The molecule has 0 aliphatic heterocycles. The van der Waals surface area contributed by atoms with Crippen molar-refractivity contribution in [1.82, 2.24) is 15.3 Å². The van der Waals surface area contributed by atoms with Crippen LogP contribution in [0.4, 0.5) is 0 Å². The fourth-order valence-electron chi connectivity index (χ4n) is 2.01. The highest BCUT2D eigenvalue weighted by molar-refractivity contribution is 6.02. The topological polar surface area (TPSA) is 92.2 Å². The molecule has 0 unspecified atom stereocenters. The van der Waals surface area contributed by atoms with Crippen molar-refractivity contribution in [3.8, 4) is 0 Å². The summed E-state index contributed by atoms with van der Waals surface area (Å²) >= 11 is 0. The van der Waals surface area contributed by atoms with Crippen LogP contribution in [-0.2, 0) is 16.1 Å². The van der Waals surface area contributed by atoms with Crippen LogP contribution in [0.15, 0.2) is 12.3 Å². The minimum absolute atomic E-state index is 0.233. The summed E-state index contributed by atoms with van der Waals surface area (Å²) in [7, 11) is 0. The van der Waals surface area contributed by atoms with Crippen LogP contribution in [0.2, 0.25) is 0 Å². The lowest BCUT2D eigenvalue weighted by Crippen LogP contribution is -2.50. The molecule has 1 aliphatic carbocycles. The number of aromatic nitrogens is 2. The van der Waals surface area contributed by atoms with Gasteiger partial charge in [0, 0.05) is 6.20 Å². The first kappa shape index (κ1) is 12.5. The summed E-state index contributed by atoms with van der Waals surface area (Å²) in [5.74, 6) is -0.832. The number of aryl methyl sites for hydroxylation is 1. The molecule has 1 amide bonds. The Bertz CT molecular complexity index is 483. The zero-order chi connectivity index (χ0) is 13.2. The fourth-order valence-corrected chi connectivity index (χ4v) is 2.01. The van der Waals surface area contributed by atoms with Crippen molar-refractivity contribution >= 4 is 11.9 Å². The Morgan fingerprint density at radius 2 is 2.22 bits per heavy atom. The summed E-state index contributed by atoms with van der Waals surface area (Å²) in [6.45, 7) is 1.99. The van der Waals surface area contributed by atoms with E-state index in [1.165, 1.54) is 0 Å². The van der Waals surface area contributed by atoms with E-state index in [-0.39, 0.29) is 6.54 Å². The summed E-state index contributed by atoms with van der Waals surface area (Å²) in [4.78, 5) is 31.1. The number of carboxylic acid groups (broad SMARTS) is 1. The minimum atomic E-state index is -1.22. The minimum Gasteiger partial charge on any atom is -0.480 e. The van der Waals surface area contributed by atoms with Gasteiger partial charge < -0.3 is 10.4 Å². The molecule has 1 aliphatic rings. The highest BCUT2D eigenvalue weighted by Gasteiger charge is 2.51. The Hall–Kier alpha value is -1.98.